The van der Waals surface area contributed by atoms with Gasteiger partial charge in [0.1, 0.15) is 6.61 Å². The van der Waals surface area contributed by atoms with Gasteiger partial charge in [-0.2, -0.15) is 4.31 Å². The molecule has 1 heterocycles. The molecule has 0 unspecified atom stereocenters. The topological polar surface area (TPSA) is 130 Å². The van der Waals surface area contributed by atoms with Crippen LogP contribution in [-0.4, -0.2) is 65.5 Å². The number of aliphatic hydroxyl groups excluding tert-OH is 1. The fourth-order valence-electron chi connectivity index (χ4n) is 3.98. The normalized spacial score (nSPS) is 20.7. The molecule has 1 aliphatic carbocycles. The van der Waals surface area contributed by atoms with Gasteiger partial charge in [0, 0.05) is 31.1 Å². The summed E-state index contributed by atoms with van der Waals surface area (Å²) in [5.41, 5.74) is 0.346. The molecule has 0 spiro atoms. The molecule has 176 valence electrons. The number of β-amino-alcohol motifs (C(OH)–C–C–N with tert-alkyl or cyclic N) is 1. The molecule has 11 heteroatoms. The first-order valence-electron chi connectivity index (χ1n) is 10.7. The number of nitro benzene ring substituents is 1. The smallest absolute Gasteiger partial charge is 0.410 e. The van der Waals surface area contributed by atoms with Gasteiger partial charge in [-0.3, -0.25) is 10.1 Å². The number of likely N-dealkylation sites (tertiary alicyclic amines) is 1. The Labute approximate surface area is 191 Å². The number of sulfonamides is 1. The van der Waals surface area contributed by atoms with Gasteiger partial charge in [0.25, 0.3) is 5.69 Å². The average Bonchev–Trinajstić information content (AvgIpc) is 3.58. The number of amides is 1. The molecule has 2 fully saturated rings. The lowest BCUT2D eigenvalue weighted by molar-refractivity contribution is -0.387. The molecule has 1 amide bonds. The summed E-state index contributed by atoms with van der Waals surface area (Å²) < 4.78 is 33.2. The quantitative estimate of drug-likeness (QED) is 0.458. The van der Waals surface area contributed by atoms with Crippen LogP contribution in [0.3, 0.4) is 0 Å². The summed E-state index contributed by atoms with van der Waals surface area (Å²) in [5.74, 6) is -0.535. The zero-order valence-electron chi connectivity index (χ0n) is 17.8. The van der Waals surface area contributed by atoms with Crippen LogP contribution in [-0.2, 0) is 21.4 Å². The number of aliphatic hydroxyl groups is 1. The van der Waals surface area contributed by atoms with Crippen LogP contribution in [0.4, 0.5) is 10.5 Å². The molecule has 2 atom stereocenters. The number of carbonyl (C=O) groups is 1. The SMILES string of the molecule is O=C(OCc1ccccc1)N1C[C@H](CN(C2CC2)S(=O)(=O)c2ccccc2[N+](=O)[O-])[C@@H](O)C1. The van der Waals surface area contributed by atoms with Crippen LogP contribution in [0, 0.1) is 16.0 Å². The molecule has 2 aromatic rings. The highest BCUT2D eigenvalue weighted by atomic mass is 32.2. The average molecular weight is 476 g/mol. The Morgan fingerprint density at radius 1 is 1.12 bits per heavy atom. The van der Waals surface area contributed by atoms with Crippen LogP contribution < -0.4 is 0 Å². The van der Waals surface area contributed by atoms with Gasteiger partial charge >= 0.3 is 6.09 Å². The number of hydrogen-bond donors (Lipinski definition) is 1. The van der Waals surface area contributed by atoms with Crippen molar-refractivity contribution in [2.24, 2.45) is 5.92 Å². The molecule has 1 N–H and O–H groups in total. The Bertz CT molecular complexity index is 1120. The van der Waals surface area contributed by atoms with Crippen molar-refractivity contribution in [3.63, 3.8) is 0 Å². The molecule has 2 aliphatic rings. The molecule has 1 saturated carbocycles. The Balaban J connectivity index is 1.45. The summed E-state index contributed by atoms with van der Waals surface area (Å²) in [6, 6.07) is 14.2. The fourth-order valence-corrected chi connectivity index (χ4v) is 5.88. The molecule has 4 rings (SSSR count). The van der Waals surface area contributed by atoms with Crippen molar-refractivity contribution >= 4 is 21.8 Å². The minimum atomic E-state index is -4.16. The second kappa shape index (κ2) is 9.46. The zero-order valence-corrected chi connectivity index (χ0v) is 18.6. The molecule has 10 nitrogen and oxygen atoms in total. The molecule has 1 saturated heterocycles. The van der Waals surface area contributed by atoms with Crippen LogP contribution in [0.25, 0.3) is 0 Å². The number of hydrogen-bond acceptors (Lipinski definition) is 7. The van der Waals surface area contributed by atoms with Gasteiger partial charge in [0.2, 0.25) is 10.0 Å². The summed E-state index contributed by atoms with van der Waals surface area (Å²) in [4.78, 5) is 24.1. The number of carbonyl (C=O) groups excluding carboxylic acids is 1. The van der Waals surface area contributed by atoms with Crippen molar-refractivity contribution in [1.82, 2.24) is 9.21 Å². The molecule has 33 heavy (non-hydrogen) atoms. The van der Waals surface area contributed by atoms with E-state index in [1.54, 1.807) is 0 Å². The first-order chi connectivity index (χ1) is 15.8. The molecular weight excluding hydrogens is 450 g/mol. The second-order valence-electron chi connectivity index (χ2n) is 8.30. The van der Waals surface area contributed by atoms with Gasteiger partial charge < -0.3 is 14.7 Å². The third-order valence-corrected chi connectivity index (χ3v) is 7.85. The first-order valence-corrected chi connectivity index (χ1v) is 12.1. The highest BCUT2D eigenvalue weighted by Gasteiger charge is 2.45. The van der Waals surface area contributed by atoms with Crippen molar-refractivity contribution in [3.05, 3.63) is 70.3 Å². The Kier molecular flexibility index (Phi) is 6.63. The molecule has 0 aromatic heterocycles. The Morgan fingerprint density at radius 3 is 2.45 bits per heavy atom. The lowest BCUT2D eigenvalue weighted by atomic mass is 10.1. The van der Waals surface area contributed by atoms with Crippen molar-refractivity contribution in [2.45, 2.75) is 36.5 Å². The van der Waals surface area contributed by atoms with E-state index >= 15 is 0 Å². The van der Waals surface area contributed by atoms with Crippen LogP contribution in [0.1, 0.15) is 18.4 Å². The van der Waals surface area contributed by atoms with Crippen molar-refractivity contribution in [2.75, 3.05) is 19.6 Å². The largest absolute Gasteiger partial charge is 0.445 e. The monoisotopic (exact) mass is 475 g/mol. The van der Waals surface area contributed by atoms with Gasteiger partial charge in [0.15, 0.2) is 4.90 Å². The predicted octanol–water partition coefficient (Wildman–Crippen LogP) is 2.38. The van der Waals surface area contributed by atoms with E-state index in [0.29, 0.717) is 12.8 Å². The highest BCUT2D eigenvalue weighted by molar-refractivity contribution is 7.89. The second-order valence-corrected chi connectivity index (χ2v) is 10.2. The number of nitrogens with zero attached hydrogens (tertiary/aromatic N) is 3. The Morgan fingerprint density at radius 2 is 1.79 bits per heavy atom. The van der Waals surface area contributed by atoms with E-state index in [0.717, 1.165) is 11.6 Å². The number of nitro groups is 1. The maximum absolute atomic E-state index is 13.3. The lowest BCUT2D eigenvalue weighted by Crippen LogP contribution is -2.40. The highest BCUT2D eigenvalue weighted by Crippen LogP contribution is 2.36. The minimum Gasteiger partial charge on any atom is -0.445 e. The number of benzene rings is 2. The number of ether oxygens (including phenoxy) is 1. The van der Waals surface area contributed by atoms with Gasteiger partial charge in [-0.1, -0.05) is 42.5 Å². The summed E-state index contributed by atoms with van der Waals surface area (Å²) in [6.45, 7) is 0.215. The van der Waals surface area contributed by atoms with E-state index < -0.39 is 38.7 Å². The van der Waals surface area contributed by atoms with E-state index in [1.165, 1.54) is 27.4 Å². The third-order valence-electron chi connectivity index (χ3n) is 5.89. The van der Waals surface area contributed by atoms with Crippen LogP contribution in [0.5, 0.6) is 0 Å². The number of rotatable bonds is 8. The van der Waals surface area contributed by atoms with E-state index in [9.17, 15) is 28.4 Å². The van der Waals surface area contributed by atoms with Gasteiger partial charge in [0.05, 0.1) is 17.6 Å². The number of para-hydroxylation sites is 1. The van der Waals surface area contributed by atoms with Gasteiger partial charge in [-0.15, -0.1) is 0 Å². The Hall–Kier alpha value is -3.02. The summed E-state index contributed by atoms with van der Waals surface area (Å²) >= 11 is 0. The van der Waals surface area contributed by atoms with Gasteiger partial charge in [-0.25, -0.2) is 13.2 Å². The first kappa shape index (κ1) is 23.1. The van der Waals surface area contributed by atoms with Crippen LogP contribution in [0.2, 0.25) is 0 Å². The van der Waals surface area contributed by atoms with Gasteiger partial charge in [-0.05, 0) is 24.5 Å². The molecule has 0 radical (unpaired) electrons. The lowest BCUT2D eigenvalue weighted by Gasteiger charge is -2.26. The summed E-state index contributed by atoms with van der Waals surface area (Å²) in [5, 5.41) is 21.9. The van der Waals surface area contributed by atoms with Crippen molar-refractivity contribution in [3.8, 4) is 0 Å². The molecule has 0 bridgehead atoms. The maximum Gasteiger partial charge on any atom is 0.410 e. The van der Waals surface area contributed by atoms with Crippen molar-refractivity contribution in [1.29, 1.82) is 0 Å². The molecule has 1 aliphatic heterocycles. The predicted molar refractivity (Wildman–Crippen MR) is 118 cm³/mol. The van der Waals surface area contributed by atoms with Crippen LogP contribution in [0.15, 0.2) is 59.5 Å². The standard InChI is InChI=1S/C22H25N3O7S/c26-20-14-23(22(27)32-15-16-6-2-1-3-7-16)12-17(20)13-24(18-10-11-18)33(30,31)21-9-5-4-8-19(21)25(28)29/h1-9,17-18,20,26H,10-15H2/t17-,20+/m1/s1. The summed E-state index contributed by atoms with van der Waals surface area (Å²) in [6.07, 6.45) is -0.229. The van der Waals surface area contributed by atoms with Crippen molar-refractivity contribution < 1.29 is 28.0 Å². The van der Waals surface area contributed by atoms with E-state index in [-0.39, 0.29) is 37.2 Å². The van der Waals surface area contributed by atoms with Crippen LogP contribution >= 0.6 is 0 Å². The zero-order chi connectivity index (χ0) is 23.6. The third kappa shape index (κ3) is 5.15. The van der Waals surface area contributed by atoms with E-state index in [4.69, 9.17) is 4.74 Å². The van der Waals surface area contributed by atoms with E-state index in [2.05, 4.69) is 0 Å². The minimum absolute atomic E-state index is 0.0301. The van der Waals surface area contributed by atoms with E-state index in [1.807, 2.05) is 30.3 Å². The maximum atomic E-state index is 13.3. The fraction of sp³-hybridized carbons (Fsp3) is 0.409. The molecular formula is C22H25N3O7S. The summed E-state index contributed by atoms with van der Waals surface area (Å²) in [7, 11) is -4.16. The molecule has 2 aromatic carbocycles.